The number of pyridine rings is 1. The monoisotopic (exact) mass is 417 g/mol. The summed E-state index contributed by atoms with van der Waals surface area (Å²) in [4.78, 5) is 6.90. The van der Waals surface area contributed by atoms with Gasteiger partial charge in [0.2, 0.25) is 0 Å². The van der Waals surface area contributed by atoms with Crippen molar-refractivity contribution in [1.29, 1.82) is 0 Å². The van der Waals surface area contributed by atoms with E-state index in [1.165, 1.54) is 0 Å². The molecule has 1 N–H and O–H groups in total. The van der Waals surface area contributed by atoms with Crippen molar-refractivity contribution in [2.45, 2.75) is 0 Å². The van der Waals surface area contributed by atoms with Gasteiger partial charge >= 0.3 is 0 Å². The second kappa shape index (κ2) is 9.06. The molecule has 0 fully saturated rings. The van der Waals surface area contributed by atoms with E-state index in [1.54, 1.807) is 18.9 Å². The Labute approximate surface area is 182 Å². The van der Waals surface area contributed by atoms with Gasteiger partial charge in [0.15, 0.2) is 0 Å². The highest BCUT2D eigenvalue weighted by Gasteiger charge is 2.14. The van der Waals surface area contributed by atoms with Crippen LogP contribution in [0.1, 0.15) is 0 Å². The Bertz CT molecular complexity index is 1170. The van der Waals surface area contributed by atoms with Crippen LogP contribution in [0.2, 0.25) is 0 Å². The van der Waals surface area contributed by atoms with Crippen LogP contribution in [0.15, 0.2) is 61.1 Å². The van der Waals surface area contributed by atoms with Crippen molar-refractivity contribution < 1.29 is 9.47 Å². The maximum absolute atomic E-state index is 5.48. The molecule has 0 amide bonds. The average molecular weight is 418 g/mol. The summed E-state index contributed by atoms with van der Waals surface area (Å²) in [7, 11) is 7.20. The van der Waals surface area contributed by atoms with Crippen molar-refractivity contribution in [3.05, 3.63) is 61.1 Å². The molecule has 4 rings (SSSR count). The highest BCUT2D eigenvalue weighted by atomic mass is 16.5. The van der Waals surface area contributed by atoms with E-state index in [0.29, 0.717) is 0 Å². The van der Waals surface area contributed by atoms with E-state index in [2.05, 4.69) is 44.6 Å². The van der Waals surface area contributed by atoms with Crippen molar-refractivity contribution >= 4 is 22.3 Å². The Balaban J connectivity index is 1.78. The van der Waals surface area contributed by atoms with E-state index in [-0.39, 0.29) is 0 Å². The molecule has 2 heterocycles. The van der Waals surface area contributed by atoms with Gasteiger partial charge in [-0.1, -0.05) is 0 Å². The molecular formula is C24H27N5O2. The number of rotatable bonds is 8. The lowest BCUT2D eigenvalue weighted by atomic mass is 10.1. The van der Waals surface area contributed by atoms with Crippen LogP contribution < -0.4 is 19.7 Å². The van der Waals surface area contributed by atoms with Crippen molar-refractivity contribution in [1.82, 2.24) is 20.1 Å². The molecule has 0 radical (unpaired) electrons. The van der Waals surface area contributed by atoms with E-state index >= 15 is 0 Å². The summed E-state index contributed by atoms with van der Waals surface area (Å²) >= 11 is 0. The zero-order valence-corrected chi connectivity index (χ0v) is 18.3. The van der Waals surface area contributed by atoms with E-state index in [4.69, 9.17) is 9.47 Å². The zero-order chi connectivity index (χ0) is 21.8. The second-order valence-corrected chi connectivity index (χ2v) is 7.33. The number of ether oxygens (including phenoxy) is 2. The normalized spacial score (nSPS) is 11.0. The summed E-state index contributed by atoms with van der Waals surface area (Å²) in [6.45, 7) is 1.61. The Hall–Kier alpha value is -3.58. The lowest BCUT2D eigenvalue weighted by Gasteiger charge is -2.26. The third-order valence-electron chi connectivity index (χ3n) is 5.25. The Morgan fingerprint density at radius 2 is 1.71 bits per heavy atom. The molecule has 160 valence electrons. The summed E-state index contributed by atoms with van der Waals surface area (Å²) < 4.78 is 12.8. The van der Waals surface area contributed by atoms with Gasteiger partial charge in [0, 0.05) is 78.6 Å². The molecule has 0 saturated heterocycles. The van der Waals surface area contributed by atoms with Crippen LogP contribution in [-0.2, 0) is 7.05 Å². The predicted octanol–water partition coefficient (Wildman–Crippen LogP) is 4.01. The van der Waals surface area contributed by atoms with E-state index in [1.807, 2.05) is 50.9 Å². The quantitative estimate of drug-likeness (QED) is 0.467. The second-order valence-electron chi connectivity index (χ2n) is 7.33. The minimum absolute atomic E-state index is 0.755. The molecule has 2 aromatic carbocycles. The molecule has 2 aromatic heterocycles. The lowest BCUT2D eigenvalue weighted by molar-refractivity contribution is 0.394. The number of hydrogen-bond acceptors (Lipinski definition) is 6. The molecule has 0 aliphatic carbocycles. The summed E-state index contributed by atoms with van der Waals surface area (Å²) in [6.07, 6.45) is 5.74. The summed E-state index contributed by atoms with van der Waals surface area (Å²) in [5.41, 5.74) is 5.12. The molecule has 0 aliphatic heterocycles. The zero-order valence-electron chi connectivity index (χ0n) is 18.3. The number of methoxy groups -OCH3 is 2. The number of fused-ring (bicyclic) bond motifs is 1. The number of nitrogens with zero attached hydrogens (tertiary/aromatic N) is 4. The topological polar surface area (TPSA) is 64.4 Å². The Morgan fingerprint density at radius 1 is 0.935 bits per heavy atom. The van der Waals surface area contributed by atoms with Crippen LogP contribution in [0.4, 0.5) is 11.4 Å². The fraction of sp³-hybridized carbons (Fsp3) is 0.250. The number of nitrogens with one attached hydrogen (secondary N) is 1. The van der Waals surface area contributed by atoms with Gasteiger partial charge in [0.1, 0.15) is 11.5 Å². The van der Waals surface area contributed by atoms with Crippen LogP contribution in [0.5, 0.6) is 11.5 Å². The SMILES string of the molecule is CNCCN(c1cc(OC)cc(OC)c1)c1ccc2ncc(-c3cnn(C)c3)cc2c1. The van der Waals surface area contributed by atoms with Crippen LogP contribution in [0.3, 0.4) is 0 Å². The molecule has 0 saturated carbocycles. The summed E-state index contributed by atoms with van der Waals surface area (Å²) in [5.74, 6) is 1.51. The first-order chi connectivity index (χ1) is 15.1. The van der Waals surface area contributed by atoms with Gasteiger partial charge in [0.25, 0.3) is 0 Å². The molecule has 0 aliphatic rings. The largest absolute Gasteiger partial charge is 0.497 e. The van der Waals surface area contributed by atoms with Gasteiger partial charge in [-0.05, 0) is 31.3 Å². The van der Waals surface area contributed by atoms with Crippen molar-refractivity contribution in [3.8, 4) is 22.6 Å². The number of aromatic nitrogens is 3. The molecule has 0 unspecified atom stereocenters. The maximum atomic E-state index is 5.48. The first-order valence-electron chi connectivity index (χ1n) is 10.2. The number of anilines is 2. The van der Waals surface area contributed by atoms with Crippen LogP contribution in [0, 0.1) is 0 Å². The first-order valence-corrected chi connectivity index (χ1v) is 10.2. The van der Waals surface area contributed by atoms with Crippen LogP contribution in [0.25, 0.3) is 22.0 Å². The predicted molar refractivity (Wildman–Crippen MR) is 124 cm³/mol. The third kappa shape index (κ3) is 4.46. The minimum atomic E-state index is 0.755. The molecular weight excluding hydrogens is 390 g/mol. The van der Waals surface area contributed by atoms with Crippen LogP contribution in [-0.4, -0.2) is 49.1 Å². The first kappa shape index (κ1) is 20.7. The summed E-state index contributed by atoms with van der Waals surface area (Å²) in [5, 5.41) is 8.59. The molecule has 0 atom stereocenters. The van der Waals surface area contributed by atoms with Gasteiger partial charge in [-0.3, -0.25) is 9.67 Å². The number of hydrogen-bond donors (Lipinski definition) is 1. The van der Waals surface area contributed by atoms with Gasteiger partial charge in [-0.15, -0.1) is 0 Å². The van der Waals surface area contributed by atoms with Gasteiger partial charge in [0.05, 0.1) is 25.9 Å². The number of likely N-dealkylation sites (N-methyl/N-ethyl adjacent to an activating group) is 1. The van der Waals surface area contributed by atoms with Crippen molar-refractivity contribution in [3.63, 3.8) is 0 Å². The Kier molecular flexibility index (Phi) is 6.04. The van der Waals surface area contributed by atoms with E-state index < -0.39 is 0 Å². The molecule has 7 heteroatoms. The average Bonchev–Trinajstić information content (AvgIpc) is 3.24. The van der Waals surface area contributed by atoms with Gasteiger partial charge < -0.3 is 19.7 Å². The highest BCUT2D eigenvalue weighted by Crippen LogP contribution is 2.34. The summed E-state index contributed by atoms with van der Waals surface area (Å²) in [6, 6.07) is 14.4. The smallest absolute Gasteiger partial charge is 0.124 e. The lowest BCUT2D eigenvalue weighted by Crippen LogP contribution is -2.26. The molecule has 31 heavy (non-hydrogen) atoms. The van der Waals surface area contributed by atoms with E-state index in [9.17, 15) is 0 Å². The molecule has 0 bridgehead atoms. The van der Waals surface area contributed by atoms with Crippen molar-refractivity contribution in [2.24, 2.45) is 7.05 Å². The standard InChI is InChI=1S/C24H27N5O2/c1-25-7-8-29(21-11-22(30-3)13-23(12-21)31-4)20-5-6-24-17(10-20)9-18(14-26-24)19-15-27-28(2)16-19/h5-6,9-16,25H,7-8H2,1-4H3. The molecule has 4 aromatic rings. The highest BCUT2D eigenvalue weighted by molar-refractivity contribution is 5.87. The van der Waals surface area contributed by atoms with E-state index in [0.717, 1.165) is 58.0 Å². The van der Waals surface area contributed by atoms with Crippen LogP contribution >= 0.6 is 0 Å². The molecule has 0 spiro atoms. The number of aryl methyl sites for hydroxylation is 1. The Morgan fingerprint density at radius 3 is 2.35 bits per heavy atom. The maximum Gasteiger partial charge on any atom is 0.124 e. The minimum Gasteiger partial charge on any atom is -0.497 e. The van der Waals surface area contributed by atoms with Gasteiger partial charge in [-0.25, -0.2) is 0 Å². The van der Waals surface area contributed by atoms with Gasteiger partial charge in [-0.2, -0.15) is 5.10 Å². The van der Waals surface area contributed by atoms with Crippen molar-refractivity contribution in [2.75, 3.05) is 39.3 Å². The fourth-order valence-corrected chi connectivity index (χ4v) is 3.59. The third-order valence-corrected chi connectivity index (χ3v) is 5.25. The molecule has 7 nitrogen and oxygen atoms in total. The fourth-order valence-electron chi connectivity index (χ4n) is 3.59. The number of benzene rings is 2.